The molecule has 1 aromatic heterocycles. The lowest BCUT2D eigenvalue weighted by molar-refractivity contribution is -0.144. The van der Waals surface area contributed by atoms with E-state index in [2.05, 4.69) is 14.7 Å². The summed E-state index contributed by atoms with van der Waals surface area (Å²) in [6.45, 7) is 5.61. The minimum absolute atomic E-state index is 0.141. The average Bonchev–Trinajstić information content (AvgIpc) is 2.69. The van der Waals surface area contributed by atoms with E-state index in [-0.39, 0.29) is 6.04 Å². The number of rotatable bonds is 7. The number of thioether (sulfide) groups is 1. The van der Waals surface area contributed by atoms with Crippen molar-refractivity contribution >= 4 is 29.3 Å². The zero-order valence-electron chi connectivity index (χ0n) is 10.1. The molecule has 1 heterocycles. The summed E-state index contributed by atoms with van der Waals surface area (Å²) in [5.41, 5.74) is -0.883. The van der Waals surface area contributed by atoms with E-state index in [4.69, 9.17) is 0 Å². The van der Waals surface area contributed by atoms with Gasteiger partial charge >= 0.3 is 5.97 Å². The molecule has 0 aliphatic rings. The largest absolute Gasteiger partial charge is 0.480 e. The second-order valence-electron chi connectivity index (χ2n) is 4.24. The number of hydrogen-bond acceptors (Lipinski definition) is 6. The summed E-state index contributed by atoms with van der Waals surface area (Å²) in [5, 5.41) is 12.3. The highest BCUT2D eigenvalue weighted by molar-refractivity contribution is 8.00. The Morgan fingerprint density at radius 2 is 2.41 bits per heavy atom. The van der Waals surface area contributed by atoms with Crippen molar-refractivity contribution in [3.63, 3.8) is 0 Å². The van der Waals surface area contributed by atoms with Gasteiger partial charge < -0.3 is 5.11 Å². The minimum Gasteiger partial charge on any atom is -0.480 e. The van der Waals surface area contributed by atoms with Crippen LogP contribution < -0.4 is 5.32 Å². The van der Waals surface area contributed by atoms with E-state index in [1.807, 2.05) is 13.8 Å². The number of nitrogens with one attached hydrogen (secondary N) is 1. The van der Waals surface area contributed by atoms with Gasteiger partial charge in [0, 0.05) is 11.8 Å². The third-order valence-corrected chi connectivity index (χ3v) is 4.05. The summed E-state index contributed by atoms with van der Waals surface area (Å²) in [6, 6.07) is 0.141. The highest BCUT2D eigenvalue weighted by Crippen LogP contribution is 2.22. The Bertz CT molecular complexity index is 356. The molecule has 0 aliphatic heterocycles. The van der Waals surface area contributed by atoms with Crippen molar-refractivity contribution in [1.29, 1.82) is 0 Å². The maximum absolute atomic E-state index is 11.3. The lowest BCUT2D eigenvalue weighted by atomic mass is 9.98. The van der Waals surface area contributed by atoms with Crippen molar-refractivity contribution in [2.75, 3.05) is 5.75 Å². The molecule has 96 valence electrons. The van der Waals surface area contributed by atoms with E-state index in [0.29, 0.717) is 12.2 Å². The molecule has 0 amide bonds. The van der Waals surface area contributed by atoms with E-state index in [1.165, 1.54) is 17.9 Å². The molecular formula is C10H17N3O2S2. The molecule has 5 nitrogen and oxygen atoms in total. The van der Waals surface area contributed by atoms with Crippen molar-refractivity contribution in [2.45, 2.75) is 43.1 Å². The van der Waals surface area contributed by atoms with Crippen LogP contribution in [0, 0.1) is 0 Å². The van der Waals surface area contributed by atoms with Crippen LogP contribution in [0.5, 0.6) is 0 Å². The second-order valence-corrected chi connectivity index (χ2v) is 6.36. The van der Waals surface area contributed by atoms with Gasteiger partial charge in [0.25, 0.3) is 0 Å². The predicted octanol–water partition coefficient (Wildman–Crippen LogP) is 1.86. The lowest BCUT2D eigenvalue weighted by Crippen LogP contribution is -2.52. The molecular weight excluding hydrogens is 258 g/mol. The van der Waals surface area contributed by atoms with Crippen molar-refractivity contribution in [3.05, 3.63) is 6.33 Å². The first-order valence-electron chi connectivity index (χ1n) is 5.34. The molecule has 17 heavy (non-hydrogen) atoms. The van der Waals surface area contributed by atoms with Crippen LogP contribution in [0.2, 0.25) is 0 Å². The fraction of sp³-hybridized carbons (Fsp3) is 0.700. The topological polar surface area (TPSA) is 75.1 Å². The second kappa shape index (κ2) is 6.32. The van der Waals surface area contributed by atoms with Gasteiger partial charge in [-0.05, 0) is 38.7 Å². The number of aliphatic carboxylic acids is 1. The maximum Gasteiger partial charge on any atom is 0.323 e. The summed E-state index contributed by atoms with van der Waals surface area (Å²) in [4.78, 5) is 15.3. The van der Waals surface area contributed by atoms with Gasteiger partial charge in [-0.25, -0.2) is 4.98 Å². The SMILES string of the molecule is CC(C)NC(C)(CCSc1ncns1)C(=O)O. The average molecular weight is 275 g/mol. The normalized spacial score (nSPS) is 14.8. The molecule has 0 aliphatic carbocycles. The molecule has 1 rings (SSSR count). The van der Waals surface area contributed by atoms with Crippen molar-refractivity contribution in [3.8, 4) is 0 Å². The Morgan fingerprint density at radius 1 is 1.71 bits per heavy atom. The van der Waals surface area contributed by atoms with Crippen LogP contribution in [-0.4, -0.2) is 37.8 Å². The molecule has 1 atom stereocenters. The lowest BCUT2D eigenvalue weighted by Gasteiger charge is -2.28. The zero-order valence-corrected chi connectivity index (χ0v) is 11.8. The quantitative estimate of drug-likeness (QED) is 0.740. The Morgan fingerprint density at radius 3 is 2.88 bits per heavy atom. The number of aromatic nitrogens is 2. The zero-order chi connectivity index (χ0) is 12.9. The number of nitrogens with zero attached hydrogens (tertiary/aromatic N) is 2. The number of carbonyl (C=O) groups is 1. The van der Waals surface area contributed by atoms with Crippen LogP contribution in [0.1, 0.15) is 27.2 Å². The Labute approximate surface area is 109 Å². The third kappa shape index (κ3) is 4.61. The van der Waals surface area contributed by atoms with Gasteiger partial charge in [-0.15, -0.1) is 0 Å². The monoisotopic (exact) mass is 275 g/mol. The van der Waals surface area contributed by atoms with Crippen LogP contribution in [0.4, 0.5) is 0 Å². The molecule has 0 fully saturated rings. The summed E-state index contributed by atoms with van der Waals surface area (Å²) in [5.74, 6) is -0.110. The summed E-state index contributed by atoms with van der Waals surface area (Å²) in [7, 11) is 0. The summed E-state index contributed by atoms with van der Waals surface area (Å²) < 4.78 is 4.78. The van der Waals surface area contributed by atoms with Gasteiger partial charge in [-0.3, -0.25) is 10.1 Å². The van der Waals surface area contributed by atoms with Gasteiger partial charge in [0.2, 0.25) is 0 Å². The smallest absolute Gasteiger partial charge is 0.323 e. The third-order valence-electron chi connectivity index (χ3n) is 2.25. The Hall–Kier alpha value is -0.660. The van der Waals surface area contributed by atoms with E-state index in [1.54, 1.807) is 18.7 Å². The molecule has 0 bridgehead atoms. The number of carboxylic acids is 1. The first-order valence-corrected chi connectivity index (χ1v) is 7.10. The van der Waals surface area contributed by atoms with Gasteiger partial charge in [0.05, 0.1) is 0 Å². The first-order chi connectivity index (χ1) is 7.94. The first kappa shape index (κ1) is 14.4. The summed E-state index contributed by atoms with van der Waals surface area (Å²) >= 11 is 2.87. The maximum atomic E-state index is 11.3. The Balaban J connectivity index is 2.47. The standard InChI is InChI=1S/C10H17N3O2S2/c1-7(2)13-10(3,8(14)15)4-5-16-9-11-6-12-17-9/h6-7,13H,4-5H2,1-3H3,(H,14,15). The minimum atomic E-state index is -0.883. The van der Waals surface area contributed by atoms with Gasteiger partial charge in [0.1, 0.15) is 11.9 Å². The molecule has 0 radical (unpaired) electrons. The molecule has 0 aromatic carbocycles. The van der Waals surface area contributed by atoms with Crippen LogP contribution in [0.15, 0.2) is 10.7 Å². The van der Waals surface area contributed by atoms with Crippen molar-refractivity contribution < 1.29 is 9.90 Å². The Kier molecular flexibility index (Phi) is 5.35. The van der Waals surface area contributed by atoms with E-state index in [0.717, 1.165) is 4.34 Å². The molecule has 7 heteroatoms. The number of carboxylic acid groups (broad SMARTS) is 1. The molecule has 0 saturated carbocycles. The van der Waals surface area contributed by atoms with E-state index < -0.39 is 11.5 Å². The van der Waals surface area contributed by atoms with Gasteiger partial charge in [-0.1, -0.05) is 11.8 Å². The van der Waals surface area contributed by atoms with Crippen molar-refractivity contribution in [1.82, 2.24) is 14.7 Å². The molecule has 2 N–H and O–H groups in total. The fourth-order valence-corrected chi connectivity index (χ4v) is 3.12. The van der Waals surface area contributed by atoms with Crippen LogP contribution >= 0.6 is 23.3 Å². The highest BCUT2D eigenvalue weighted by Gasteiger charge is 2.32. The van der Waals surface area contributed by atoms with Gasteiger partial charge in [0.15, 0.2) is 4.34 Å². The fourth-order valence-electron chi connectivity index (χ4n) is 1.45. The predicted molar refractivity (Wildman–Crippen MR) is 69.6 cm³/mol. The van der Waals surface area contributed by atoms with Crippen LogP contribution in [-0.2, 0) is 4.79 Å². The highest BCUT2D eigenvalue weighted by atomic mass is 32.2. The van der Waals surface area contributed by atoms with Gasteiger partial charge in [-0.2, -0.15) is 4.37 Å². The van der Waals surface area contributed by atoms with Crippen LogP contribution in [0.25, 0.3) is 0 Å². The molecule has 1 unspecified atom stereocenters. The van der Waals surface area contributed by atoms with E-state index >= 15 is 0 Å². The molecule has 0 saturated heterocycles. The summed E-state index contributed by atoms with van der Waals surface area (Å²) in [6.07, 6.45) is 2.06. The molecule has 0 spiro atoms. The number of hydrogen-bond donors (Lipinski definition) is 2. The molecule has 1 aromatic rings. The van der Waals surface area contributed by atoms with E-state index in [9.17, 15) is 9.90 Å². The van der Waals surface area contributed by atoms with Crippen molar-refractivity contribution in [2.24, 2.45) is 0 Å². The van der Waals surface area contributed by atoms with Crippen LogP contribution in [0.3, 0.4) is 0 Å².